The molecule has 1 aromatic heterocycles. The maximum Gasteiger partial charge on any atom is 0.0754 e. The van der Waals surface area contributed by atoms with E-state index >= 15 is 0 Å². The normalized spacial score (nSPS) is 16.8. The molecule has 8 aromatic rings. The van der Waals surface area contributed by atoms with Gasteiger partial charge in [0.1, 0.15) is 0 Å². The molecule has 3 aliphatic rings. The van der Waals surface area contributed by atoms with Gasteiger partial charge >= 0.3 is 0 Å². The Morgan fingerprint density at radius 2 is 1.15 bits per heavy atom. The number of aromatic nitrogens is 1. The van der Waals surface area contributed by atoms with E-state index in [-0.39, 0.29) is 5.41 Å². The van der Waals surface area contributed by atoms with Crippen molar-refractivity contribution in [3.63, 3.8) is 0 Å². The first-order valence-electron chi connectivity index (χ1n) is 23.0. The Morgan fingerprint density at radius 1 is 0.517 bits per heavy atom. The number of benzene rings is 7. The maximum absolute atomic E-state index is 2.62. The number of rotatable bonds is 10. The molecule has 0 saturated carbocycles. The van der Waals surface area contributed by atoms with Crippen LogP contribution in [0.25, 0.3) is 60.9 Å². The van der Waals surface area contributed by atoms with Crippen LogP contribution in [0.4, 0.5) is 0 Å². The fourth-order valence-corrected chi connectivity index (χ4v) is 12.0. The molecule has 1 heteroatoms. The zero-order chi connectivity index (χ0) is 40.9. The average molecular weight is 780 g/mol. The predicted octanol–water partition coefficient (Wildman–Crippen LogP) is 16.3. The fourth-order valence-electron chi connectivity index (χ4n) is 12.0. The topological polar surface area (TPSA) is 4.93 Å². The third kappa shape index (κ3) is 5.17. The first-order valence-corrected chi connectivity index (χ1v) is 23.0. The molecule has 1 spiro atoms. The van der Waals surface area contributed by atoms with Gasteiger partial charge in [-0.25, -0.2) is 0 Å². The van der Waals surface area contributed by atoms with E-state index in [1.54, 1.807) is 0 Å². The Morgan fingerprint density at radius 3 is 1.90 bits per heavy atom. The summed E-state index contributed by atoms with van der Waals surface area (Å²) in [6.07, 6.45) is 10.2. The second-order valence-electron chi connectivity index (χ2n) is 18.9. The zero-order valence-corrected chi connectivity index (χ0v) is 36.4. The van der Waals surface area contributed by atoms with Gasteiger partial charge in [0.15, 0.2) is 0 Å². The summed E-state index contributed by atoms with van der Waals surface area (Å²) in [6, 6.07) is 52.9. The zero-order valence-electron chi connectivity index (χ0n) is 36.4. The smallest absolute Gasteiger partial charge is 0.0754 e. The quantitative estimate of drug-likeness (QED) is 0.122. The van der Waals surface area contributed by atoms with E-state index in [1.165, 1.54) is 156 Å². The Labute approximate surface area is 357 Å². The summed E-state index contributed by atoms with van der Waals surface area (Å²) >= 11 is 0. The van der Waals surface area contributed by atoms with Crippen LogP contribution in [0.2, 0.25) is 0 Å². The number of fused-ring (bicyclic) bond motifs is 15. The second-order valence-corrected chi connectivity index (χ2v) is 18.9. The molecule has 2 aliphatic carbocycles. The Hall–Kier alpha value is -5.66. The largest absolute Gasteiger partial charge is 0.309 e. The average Bonchev–Trinajstić information content (AvgIpc) is 3.85. The molecule has 2 unspecified atom stereocenters. The second kappa shape index (κ2) is 14.0. The van der Waals surface area contributed by atoms with Crippen molar-refractivity contribution < 1.29 is 0 Å². The van der Waals surface area contributed by atoms with Crippen molar-refractivity contribution >= 4 is 21.8 Å². The van der Waals surface area contributed by atoms with Crippen LogP contribution in [0.15, 0.2) is 133 Å². The molecule has 11 rings (SSSR count). The van der Waals surface area contributed by atoms with Crippen LogP contribution in [0, 0.1) is 13.8 Å². The minimum absolute atomic E-state index is 0.0289. The Balaban J connectivity index is 1.20. The molecule has 298 valence electrons. The summed E-state index contributed by atoms with van der Waals surface area (Å²) in [4.78, 5) is 0. The van der Waals surface area contributed by atoms with E-state index in [0.717, 1.165) is 6.42 Å². The van der Waals surface area contributed by atoms with Crippen LogP contribution >= 0.6 is 0 Å². The minimum Gasteiger partial charge on any atom is -0.309 e. The number of hydrogen-bond acceptors (Lipinski definition) is 0. The summed E-state index contributed by atoms with van der Waals surface area (Å²) in [7, 11) is 0. The van der Waals surface area contributed by atoms with Crippen molar-refractivity contribution in [2.75, 3.05) is 0 Å². The Bertz CT molecular complexity index is 2980. The number of nitrogens with zero attached hydrogens (tertiary/aromatic N) is 1. The highest BCUT2D eigenvalue weighted by Gasteiger charge is 2.51. The standard InChI is InChI=1S/C59H57N/c1-7-9-10-11-12-17-30-58(6)51-32-38(4)22-26-45(51)46-27-24-41(35-52(46)58)42-33-48-47-31-37(3)23-28-55(47)60-56-29-25-40(39(5)8-2)34-53(56)59(54(36-42)57(48)60)49-20-15-13-18-43(49)44-19-14-16-21-50(44)59/h13-16,18-29,31-36,39H,7-12,17,30H2,1-6H3. The lowest BCUT2D eigenvalue weighted by Gasteiger charge is -2.40. The summed E-state index contributed by atoms with van der Waals surface area (Å²) in [6.45, 7) is 14.1. The molecule has 0 saturated heterocycles. The molecule has 0 bridgehead atoms. The van der Waals surface area contributed by atoms with E-state index in [0.29, 0.717) is 5.92 Å². The van der Waals surface area contributed by atoms with E-state index in [2.05, 4.69) is 180 Å². The SMILES string of the molecule is CCCCCCCCC1(C)c2cc(C)ccc2-c2ccc(-c3cc4c5c(c3)c3cc(C)ccc3n5-c3ccc(C(C)CC)cc3C43c4ccccc4-c4ccccc43)cc21. The first-order chi connectivity index (χ1) is 29.3. The van der Waals surface area contributed by atoms with Crippen molar-refractivity contribution in [2.24, 2.45) is 0 Å². The van der Waals surface area contributed by atoms with Gasteiger partial charge in [0.05, 0.1) is 22.1 Å². The summed E-state index contributed by atoms with van der Waals surface area (Å²) in [5.41, 5.74) is 24.2. The van der Waals surface area contributed by atoms with Gasteiger partial charge < -0.3 is 4.57 Å². The summed E-state index contributed by atoms with van der Waals surface area (Å²) < 4.78 is 2.62. The lowest BCUT2D eigenvalue weighted by Crippen LogP contribution is -2.33. The third-order valence-corrected chi connectivity index (χ3v) is 15.3. The van der Waals surface area contributed by atoms with Crippen LogP contribution in [-0.4, -0.2) is 4.57 Å². The maximum atomic E-state index is 2.62. The lowest BCUT2D eigenvalue weighted by molar-refractivity contribution is 0.480. The van der Waals surface area contributed by atoms with Gasteiger partial charge in [-0.1, -0.05) is 174 Å². The van der Waals surface area contributed by atoms with Crippen molar-refractivity contribution in [3.05, 3.63) is 184 Å². The summed E-state index contributed by atoms with van der Waals surface area (Å²) in [5, 5.41) is 2.67. The molecule has 2 atom stereocenters. The summed E-state index contributed by atoms with van der Waals surface area (Å²) in [5.74, 6) is 0.459. The number of hydrogen-bond donors (Lipinski definition) is 0. The van der Waals surface area contributed by atoms with E-state index < -0.39 is 5.41 Å². The van der Waals surface area contributed by atoms with E-state index in [9.17, 15) is 0 Å². The first kappa shape index (κ1) is 37.3. The highest BCUT2D eigenvalue weighted by Crippen LogP contribution is 2.62. The molecule has 60 heavy (non-hydrogen) atoms. The van der Waals surface area contributed by atoms with Crippen LogP contribution in [-0.2, 0) is 10.8 Å². The monoisotopic (exact) mass is 779 g/mol. The van der Waals surface area contributed by atoms with Gasteiger partial charge in [-0.05, 0) is 141 Å². The molecule has 0 amide bonds. The molecule has 0 N–H and O–H groups in total. The van der Waals surface area contributed by atoms with Gasteiger partial charge in [0, 0.05) is 16.2 Å². The van der Waals surface area contributed by atoms with Crippen molar-refractivity contribution in [3.8, 4) is 39.1 Å². The van der Waals surface area contributed by atoms with Crippen LogP contribution in [0.3, 0.4) is 0 Å². The fraction of sp³-hybridized carbons (Fsp3) is 0.288. The third-order valence-electron chi connectivity index (χ3n) is 15.3. The molecule has 1 nitrogen and oxygen atoms in total. The van der Waals surface area contributed by atoms with Crippen molar-refractivity contribution in [2.45, 2.75) is 110 Å². The molecule has 0 fully saturated rings. The van der Waals surface area contributed by atoms with E-state index in [1.807, 2.05) is 0 Å². The molecule has 0 radical (unpaired) electrons. The number of aryl methyl sites for hydroxylation is 2. The van der Waals surface area contributed by atoms with Gasteiger partial charge in [-0.15, -0.1) is 0 Å². The number of unbranched alkanes of at least 4 members (excludes halogenated alkanes) is 5. The van der Waals surface area contributed by atoms with Crippen LogP contribution in [0.5, 0.6) is 0 Å². The van der Waals surface area contributed by atoms with Gasteiger partial charge in [-0.3, -0.25) is 0 Å². The van der Waals surface area contributed by atoms with Gasteiger partial charge in [0.2, 0.25) is 0 Å². The highest BCUT2D eigenvalue weighted by atomic mass is 15.0. The molecule has 1 aliphatic heterocycles. The van der Waals surface area contributed by atoms with Crippen LogP contribution in [0.1, 0.15) is 135 Å². The minimum atomic E-state index is -0.476. The van der Waals surface area contributed by atoms with Gasteiger partial charge in [-0.2, -0.15) is 0 Å². The Kier molecular flexibility index (Phi) is 8.68. The van der Waals surface area contributed by atoms with Crippen molar-refractivity contribution in [1.29, 1.82) is 0 Å². The molecule has 7 aromatic carbocycles. The predicted molar refractivity (Wildman–Crippen MR) is 255 cm³/mol. The van der Waals surface area contributed by atoms with Crippen molar-refractivity contribution in [1.82, 2.24) is 4.57 Å². The van der Waals surface area contributed by atoms with Crippen LogP contribution < -0.4 is 0 Å². The molecular formula is C59H57N. The lowest BCUT2D eigenvalue weighted by atomic mass is 9.64. The van der Waals surface area contributed by atoms with E-state index in [4.69, 9.17) is 0 Å². The molecular weight excluding hydrogens is 723 g/mol. The highest BCUT2D eigenvalue weighted by molar-refractivity contribution is 6.14. The molecule has 2 heterocycles. The van der Waals surface area contributed by atoms with Gasteiger partial charge in [0.25, 0.3) is 0 Å².